The summed E-state index contributed by atoms with van der Waals surface area (Å²) in [6.45, 7) is 0.785. The summed E-state index contributed by atoms with van der Waals surface area (Å²) in [5, 5.41) is 82.7. The smallest absolute Gasteiger partial charge is 0.329 e. The van der Waals surface area contributed by atoms with Crippen LogP contribution in [0.5, 0.6) is 5.75 Å². The Morgan fingerprint density at radius 3 is 1.70 bits per heavy atom. The van der Waals surface area contributed by atoms with Gasteiger partial charge in [-0.25, -0.2) is 4.79 Å². The molecule has 27 N–H and O–H groups in total. The Labute approximate surface area is 748 Å². The number of nitrogens with one attached hydrogen (secondary N) is 16. The fourth-order valence-electron chi connectivity index (χ4n) is 13.8. The number of ketones is 1. The van der Waals surface area contributed by atoms with Crippen LogP contribution in [0.1, 0.15) is 152 Å². The van der Waals surface area contributed by atoms with Crippen molar-refractivity contribution in [3.05, 3.63) is 95.8 Å². The molecule has 47 heteroatoms. The van der Waals surface area contributed by atoms with Crippen LogP contribution in [0.2, 0.25) is 0 Å². The number of hydrogen-bond donors (Lipinski definition) is 24. The second-order valence-corrected chi connectivity index (χ2v) is 31.3. The van der Waals surface area contributed by atoms with Gasteiger partial charge in [0.15, 0.2) is 5.78 Å². The number of esters is 1. The van der Waals surface area contributed by atoms with Crippen LogP contribution in [0.25, 0.3) is 21.8 Å². The van der Waals surface area contributed by atoms with E-state index in [9.17, 15) is 117 Å². The summed E-state index contributed by atoms with van der Waals surface area (Å²) in [5.41, 5.74) is 20.0. The van der Waals surface area contributed by atoms with Crippen molar-refractivity contribution in [2.45, 2.75) is 222 Å². The lowest BCUT2D eigenvalue weighted by molar-refractivity contribution is -0.156. The third-order valence-electron chi connectivity index (χ3n) is 20.9. The molecule has 0 radical (unpaired) electrons. The third kappa shape index (κ3) is 34.1. The third-order valence-corrected chi connectivity index (χ3v) is 20.9. The summed E-state index contributed by atoms with van der Waals surface area (Å²) in [5.74, 6) is -30.7. The standard InChI is InChI=1S/C84H113N19O28/c1-6-7-8-9-10-11-12-23-64(107)95-55(29-45-37-89-52-21-16-14-18-47(45)52)78(123)98-56(32-63(87)106)79(124)100-59(35-70(116)117)80(125)103-72-43(4)131-84(129)60(31-62(105)48-19-13-15-20-50(48)85)101-83(128)71(41(2)27-67(110)111)102-81(126)61(40-104)96-66(109)38-91-75(120)57(33-68(112)113)97-73(118)42(3)93-77(122)58(34-69(114)115)99-76(121)54(94-65(108)39-92-82(72)127)22-17-26-88-74(119)51(86)28-44-36-90-53-25-24-46(130-5)30-49(44)53/h13-16,18-21,24-25,30,36-37,41-43,51,54-61,71-72,89-90,104H,6-12,17,22-23,26-29,31-35,38-40,85-86H2,1-5H3,(H2,87,106)(H,88,119)(H,91,120)(H,92,127)(H,93,122)(H,94,108)(H,95,107)(H,96,109)(H,97,118)(H,98,123)(H,99,121)(H,100,124)(H,101,128)(H,102,126)(H,103,125)(H,110,111)(H,112,113)(H,114,115)(H,116,117)/t41-,42-,43-,51?,54+,55+,56+,57+,58+,59+,60+,61-,71+,72+/m1/s1. The van der Waals surface area contributed by atoms with Crippen molar-refractivity contribution in [2.75, 3.05) is 39.1 Å². The van der Waals surface area contributed by atoms with Crippen molar-refractivity contribution in [1.29, 1.82) is 0 Å². The second-order valence-electron chi connectivity index (χ2n) is 31.3. The van der Waals surface area contributed by atoms with Gasteiger partial charge in [-0.1, -0.05) is 82.7 Å². The fraction of sp³-hybridized carbons (Fsp3) is 0.488. The number of nitrogen functional groups attached to an aromatic ring is 1. The van der Waals surface area contributed by atoms with Crippen molar-refractivity contribution >= 4 is 152 Å². The van der Waals surface area contributed by atoms with Gasteiger partial charge in [-0.3, -0.25) is 95.9 Å². The Hall–Kier alpha value is -14.7. The molecule has 0 saturated carbocycles. The molecular weight excluding hydrogens is 1720 g/mol. The maximum Gasteiger partial charge on any atom is 0.329 e. The van der Waals surface area contributed by atoms with E-state index in [0.29, 0.717) is 51.5 Å². The van der Waals surface area contributed by atoms with Crippen molar-refractivity contribution < 1.29 is 136 Å². The molecule has 6 rings (SSSR count). The summed E-state index contributed by atoms with van der Waals surface area (Å²) in [6.07, 6.45) is -1.49. The van der Waals surface area contributed by atoms with Crippen LogP contribution < -0.4 is 96.4 Å². The molecule has 3 heterocycles. The number of benzene rings is 3. The van der Waals surface area contributed by atoms with E-state index < -0.39 is 273 Å². The molecule has 0 aliphatic carbocycles. The van der Waals surface area contributed by atoms with Crippen molar-refractivity contribution in [2.24, 2.45) is 17.4 Å². The number of carboxylic acid groups (broad SMARTS) is 4. The van der Waals surface area contributed by atoms with Crippen molar-refractivity contribution in [1.82, 2.24) is 84.4 Å². The van der Waals surface area contributed by atoms with Crippen molar-refractivity contribution in [3.63, 3.8) is 0 Å². The molecule has 5 aromatic rings. The van der Waals surface area contributed by atoms with E-state index in [0.717, 1.165) is 52.9 Å². The van der Waals surface area contributed by atoms with Gasteiger partial charge >= 0.3 is 29.8 Å². The summed E-state index contributed by atoms with van der Waals surface area (Å²) < 4.78 is 11.1. The number of aromatic nitrogens is 2. The molecule has 3 aromatic carbocycles. The van der Waals surface area contributed by atoms with E-state index in [-0.39, 0.29) is 43.5 Å². The lowest BCUT2D eigenvalue weighted by Crippen LogP contribution is -2.62. The number of rotatable bonds is 40. The average Bonchev–Trinajstić information content (AvgIpc) is 1.67. The van der Waals surface area contributed by atoms with Crippen LogP contribution in [-0.4, -0.2) is 272 Å². The van der Waals surface area contributed by atoms with Gasteiger partial charge in [0.1, 0.15) is 78.3 Å². The normalized spacial score (nSPS) is 20.3. The minimum absolute atomic E-state index is 0.0303. The first-order chi connectivity index (χ1) is 62.1. The van der Waals surface area contributed by atoms with E-state index in [4.69, 9.17) is 26.7 Å². The van der Waals surface area contributed by atoms with Crippen LogP contribution in [0.4, 0.5) is 5.69 Å². The minimum Gasteiger partial charge on any atom is -0.497 e. The first-order valence-electron chi connectivity index (χ1n) is 42.0. The molecule has 47 nitrogen and oxygen atoms in total. The highest BCUT2D eigenvalue weighted by atomic mass is 16.5. The van der Waals surface area contributed by atoms with Crippen LogP contribution in [0.15, 0.2) is 79.1 Å². The van der Waals surface area contributed by atoms with Crippen LogP contribution in [0.3, 0.4) is 0 Å². The number of ether oxygens (including phenoxy) is 2. The van der Waals surface area contributed by atoms with Gasteiger partial charge in [0, 0.05) is 71.3 Å². The number of hydrogen-bond acceptors (Lipinski definition) is 26. The number of para-hydroxylation sites is 2. The molecule has 1 aliphatic rings. The monoisotopic (exact) mass is 1840 g/mol. The first kappa shape index (κ1) is 105. The average molecular weight is 1840 g/mol. The molecule has 1 fully saturated rings. The highest BCUT2D eigenvalue weighted by molar-refractivity contribution is 6.05. The van der Waals surface area contributed by atoms with Gasteiger partial charge < -0.3 is 137 Å². The Balaban J connectivity index is 1.43. The topological polar surface area (TPSA) is 756 Å². The molecule has 1 saturated heterocycles. The van der Waals surface area contributed by atoms with Crippen LogP contribution >= 0.6 is 0 Å². The van der Waals surface area contributed by atoms with Crippen molar-refractivity contribution in [3.8, 4) is 5.75 Å². The number of anilines is 1. The zero-order chi connectivity index (χ0) is 96.9. The number of aliphatic carboxylic acids is 4. The molecule has 131 heavy (non-hydrogen) atoms. The number of methoxy groups -OCH3 is 1. The Morgan fingerprint density at radius 2 is 1.08 bits per heavy atom. The lowest BCUT2D eigenvalue weighted by atomic mass is 9.96. The molecule has 1 aliphatic heterocycles. The molecule has 2 aromatic heterocycles. The van der Waals surface area contributed by atoms with E-state index in [2.05, 4.69) is 75.4 Å². The number of fused-ring (bicyclic) bond motifs is 2. The minimum atomic E-state index is -2.51. The molecular formula is C84H113N19O28. The molecule has 0 bridgehead atoms. The van der Waals surface area contributed by atoms with Gasteiger partial charge in [-0.2, -0.15) is 0 Å². The number of cyclic esters (lactones) is 1. The number of aliphatic hydroxyl groups is 1. The fourth-order valence-corrected chi connectivity index (χ4v) is 13.8. The number of primary amides is 1. The van der Waals surface area contributed by atoms with Gasteiger partial charge in [0.2, 0.25) is 88.6 Å². The van der Waals surface area contributed by atoms with Gasteiger partial charge in [-0.05, 0) is 93.0 Å². The van der Waals surface area contributed by atoms with E-state index in [1.807, 2.05) is 16.0 Å². The maximum absolute atomic E-state index is 15.1. The molecule has 14 atom stereocenters. The molecule has 15 amide bonds. The summed E-state index contributed by atoms with van der Waals surface area (Å²) in [6, 6.07) is -7.30. The van der Waals surface area contributed by atoms with Gasteiger partial charge in [0.05, 0.1) is 65.0 Å². The quantitative estimate of drug-likeness (QED) is 0.00762. The number of unbranched alkanes of at least 4 members (excludes halogenated alkanes) is 6. The number of aromatic amines is 2. The predicted octanol–water partition coefficient (Wildman–Crippen LogP) is -4.40. The summed E-state index contributed by atoms with van der Waals surface area (Å²) >= 11 is 0. The van der Waals surface area contributed by atoms with Gasteiger partial charge in [0.25, 0.3) is 0 Å². The highest BCUT2D eigenvalue weighted by Crippen LogP contribution is 2.26. The number of aliphatic hydroxyl groups excluding tert-OH is 1. The first-order valence-corrected chi connectivity index (χ1v) is 42.0. The van der Waals surface area contributed by atoms with Gasteiger partial charge in [-0.15, -0.1) is 0 Å². The number of amides is 15. The lowest BCUT2D eigenvalue weighted by Gasteiger charge is -2.30. The number of carbonyl (C=O) groups is 21. The SMILES string of the molecule is CCCCCCCCCC(=O)N[C@@H](Cc1c[nH]c2ccccc12)C(=O)N[C@@H](CC(N)=O)C(=O)N[C@@H](CC(=O)O)C(=O)N[C@@H]1C(=O)NCC(=O)N[C@@H](CCCNC(=O)C(N)Cc2c[nH]c3ccc(OC)cc23)C(=O)N[C@@H](CC(=O)O)C(=O)N[C@H](C)C(=O)N[C@@H](CC(=O)O)C(=O)NCC(=O)N[C@H](CO)C(=O)N[C@@H]([C@H](C)CC(=O)O)C(=O)N[C@@H](CC(=O)c2ccccc2N)C(=O)O[C@@H]1C. The highest BCUT2D eigenvalue weighted by Gasteiger charge is 2.42. The number of carbonyl (C=O) groups excluding carboxylic acids is 17. The van der Waals surface area contributed by atoms with Crippen LogP contribution in [-0.2, 0) is 113 Å². The maximum atomic E-state index is 15.1. The number of H-pyrrole nitrogens is 2. The van der Waals surface area contributed by atoms with E-state index in [1.165, 1.54) is 31.4 Å². The van der Waals surface area contributed by atoms with E-state index >= 15 is 9.59 Å². The zero-order valence-electron chi connectivity index (χ0n) is 72.5. The molecule has 1 unspecified atom stereocenters. The van der Waals surface area contributed by atoms with E-state index in [1.54, 1.807) is 54.9 Å². The largest absolute Gasteiger partial charge is 0.497 e. The number of Topliss-reactive ketones (excluding diaryl/α,β-unsaturated/α-hetero) is 1. The van der Waals surface area contributed by atoms with Crippen LogP contribution in [0, 0.1) is 5.92 Å². The molecule has 0 spiro atoms. The second kappa shape index (κ2) is 52.0. The Bertz CT molecular complexity index is 5000. The predicted molar refractivity (Wildman–Crippen MR) is 461 cm³/mol. The Morgan fingerprint density at radius 1 is 0.534 bits per heavy atom. The zero-order valence-corrected chi connectivity index (χ0v) is 72.5. The Kier molecular flexibility index (Phi) is 41.7. The number of carboxylic acids is 4. The number of nitrogens with two attached hydrogens (primary N) is 3. The molecule has 712 valence electrons. The summed E-state index contributed by atoms with van der Waals surface area (Å²) in [4.78, 5) is 297. The summed E-state index contributed by atoms with van der Waals surface area (Å²) in [7, 11) is 1.45.